The van der Waals surface area contributed by atoms with Crippen molar-refractivity contribution in [1.82, 2.24) is 0 Å². The highest BCUT2D eigenvalue weighted by Crippen LogP contribution is 2.58. The number of nitrogens with zero attached hydrogens (tertiary/aromatic N) is 3. The third-order valence-corrected chi connectivity index (χ3v) is 11.6. The van der Waals surface area contributed by atoms with E-state index >= 15 is 17.6 Å². The van der Waals surface area contributed by atoms with Crippen LogP contribution in [0.1, 0.15) is 16.7 Å². The monoisotopic (exact) mass is 622 g/mol. The van der Waals surface area contributed by atoms with Gasteiger partial charge in [-0.2, -0.15) is 4.57 Å². The number of fused-ring (bicyclic) bond motifs is 14. The molecule has 5 heterocycles. The summed E-state index contributed by atoms with van der Waals surface area (Å²) < 4.78 is 67.8. The van der Waals surface area contributed by atoms with Gasteiger partial charge >= 0.3 is 4.99 Å². The average Bonchev–Trinajstić information content (AvgIpc) is 3.45. The highest BCUT2D eigenvalue weighted by Gasteiger charge is 2.68. The summed E-state index contributed by atoms with van der Waals surface area (Å²) in [5.41, 5.74) is 3.74. The van der Waals surface area contributed by atoms with Crippen molar-refractivity contribution in [2.45, 2.75) is 19.9 Å². The SMILES string of the molecule is Fc1cc(F)c2c(c1)C1(Sc3cccc[n+]3C3(Sc4cccc[n+]41)c1cc(F)cc(F)c1-c1cccc[n+]13)c1ccccc1-2. The first-order valence-corrected chi connectivity index (χ1v) is 15.6. The molecule has 0 saturated carbocycles. The van der Waals surface area contributed by atoms with E-state index in [-0.39, 0.29) is 0 Å². The molecule has 3 nitrogen and oxygen atoms in total. The Kier molecular flexibility index (Phi) is 5.33. The number of thioether (sulfide) groups is 2. The maximum atomic E-state index is 15.7. The Morgan fingerprint density at radius 1 is 0.500 bits per heavy atom. The topological polar surface area (TPSA) is 11.6 Å². The lowest BCUT2D eigenvalue weighted by Crippen LogP contribution is -2.73. The first kappa shape index (κ1) is 26.0. The molecule has 0 amide bonds. The molecule has 0 fully saturated rings. The Bertz CT molecular complexity index is 2070. The molecule has 3 aliphatic rings. The smallest absolute Gasteiger partial charge is 0.207 e. The minimum Gasteiger partial charge on any atom is -0.207 e. The molecular formula is C35H20F4N3S2+3. The molecule has 2 spiro atoms. The lowest BCUT2D eigenvalue weighted by Gasteiger charge is -2.30. The van der Waals surface area contributed by atoms with E-state index in [9.17, 15) is 0 Å². The molecule has 0 radical (unpaired) electrons. The van der Waals surface area contributed by atoms with Gasteiger partial charge in [0.2, 0.25) is 5.69 Å². The predicted molar refractivity (Wildman–Crippen MR) is 157 cm³/mol. The third-order valence-electron chi connectivity index (χ3n) is 8.64. The molecule has 44 heavy (non-hydrogen) atoms. The molecule has 0 N–H and O–H groups in total. The summed E-state index contributed by atoms with van der Waals surface area (Å²) in [6.45, 7) is 0. The lowest BCUT2D eigenvalue weighted by molar-refractivity contribution is -0.961. The van der Waals surface area contributed by atoms with Crippen LogP contribution < -0.4 is 13.7 Å². The van der Waals surface area contributed by atoms with Gasteiger partial charge in [-0.05, 0) is 35.9 Å². The van der Waals surface area contributed by atoms with E-state index in [1.807, 2.05) is 111 Å². The number of hydrogen-bond donors (Lipinski definition) is 0. The van der Waals surface area contributed by atoms with Gasteiger partial charge in [-0.1, -0.05) is 24.3 Å². The van der Waals surface area contributed by atoms with E-state index in [1.165, 1.54) is 35.7 Å². The maximum absolute atomic E-state index is 15.7. The van der Waals surface area contributed by atoms with Crippen molar-refractivity contribution in [3.05, 3.63) is 162 Å². The van der Waals surface area contributed by atoms with Crippen molar-refractivity contribution in [1.29, 1.82) is 0 Å². The van der Waals surface area contributed by atoms with Crippen LogP contribution in [-0.4, -0.2) is 0 Å². The Morgan fingerprint density at radius 2 is 1.09 bits per heavy atom. The van der Waals surface area contributed by atoms with Gasteiger partial charge < -0.3 is 0 Å². The third kappa shape index (κ3) is 3.18. The molecule has 9 heteroatoms. The quantitative estimate of drug-likeness (QED) is 0.135. The van der Waals surface area contributed by atoms with Gasteiger partial charge in [0.05, 0.1) is 5.56 Å². The second-order valence-electron chi connectivity index (χ2n) is 10.9. The highest BCUT2D eigenvalue weighted by atomic mass is 32.2. The molecule has 6 aromatic rings. The van der Waals surface area contributed by atoms with E-state index in [1.54, 1.807) is 0 Å². The van der Waals surface area contributed by atoms with E-state index in [0.717, 1.165) is 27.7 Å². The zero-order chi connectivity index (χ0) is 29.8. The normalized spacial score (nSPS) is 20.3. The summed E-state index contributed by atoms with van der Waals surface area (Å²) in [6.07, 6.45) is 5.69. The summed E-state index contributed by atoms with van der Waals surface area (Å²) >= 11 is 2.86. The fraction of sp³-hybridized carbons (Fsp3) is 0.0571. The Balaban J connectivity index is 1.44. The molecule has 0 saturated heterocycles. The summed E-state index contributed by atoms with van der Waals surface area (Å²) in [7, 11) is 0. The second kappa shape index (κ2) is 9.03. The lowest BCUT2D eigenvalue weighted by atomic mass is 10.0. The summed E-state index contributed by atoms with van der Waals surface area (Å²) in [5.74, 6) is -2.62. The molecule has 3 aromatic heterocycles. The fourth-order valence-corrected chi connectivity index (χ4v) is 10.2. The van der Waals surface area contributed by atoms with Crippen LogP contribution in [-0.2, 0) is 9.87 Å². The Labute approximate surface area is 258 Å². The van der Waals surface area contributed by atoms with Crippen molar-refractivity contribution in [2.24, 2.45) is 0 Å². The van der Waals surface area contributed by atoms with Crippen molar-refractivity contribution in [3.63, 3.8) is 0 Å². The van der Waals surface area contributed by atoms with Gasteiger partial charge in [-0.25, -0.2) is 17.6 Å². The van der Waals surface area contributed by atoms with Gasteiger partial charge in [0.15, 0.2) is 18.6 Å². The van der Waals surface area contributed by atoms with Crippen LogP contribution in [0.5, 0.6) is 0 Å². The van der Waals surface area contributed by atoms with Crippen LogP contribution in [0.4, 0.5) is 17.6 Å². The number of halogens is 4. The van der Waals surface area contributed by atoms with E-state index < -0.39 is 33.1 Å². The molecule has 9 rings (SSSR count). The van der Waals surface area contributed by atoms with Crippen LogP contribution >= 0.6 is 23.5 Å². The number of benzene rings is 3. The molecule has 212 valence electrons. The number of rotatable bonds is 0. The van der Waals surface area contributed by atoms with Crippen molar-refractivity contribution in [3.8, 4) is 22.4 Å². The zero-order valence-corrected chi connectivity index (χ0v) is 24.3. The molecule has 1 aliphatic carbocycles. The number of aromatic nitrogens is 3. The fourth-order valence-electron chi connectivity index (χ4n) is 7.03. The van der Waals surface area contributed by atoms with Crippen molar-refractivity contribution < 1.29 is 31.3 Å². The molecule has 0 bridgehead atoms. The van der Waals surface area contributed by atoms with Gasteiger partial charge in [0.25, 0.3) is 14.9 Å². The van der Waals surface area contributed by atoms with Crippen molar-refractivity contribution in [2.75, 3.05) is 0 Å². The molecule has 2 unspecified atom stereocenters. The zero-order valence-electron chi connectivity index (χ0n) is 22.7. The average molecular weight is 623 g/mol. The van der Waals surface area contributed by atoms with Crippen LogP contribution in [0.15, 0.2) is 132 Å². The minimum atomic E-state index is -1.18. The summed E-state index contributed by atoms with van der Waals surface area (Å²) in [6, 6.07) is 29.2. The molecular weight excluding hydrogens is 603 g/mol. The van der Waals surface area contributed by atoms with E-state index in [0.29, 0.717) is 33.5 Å². The van der Waals surface area contributed by atoms with Gasteiger partial charge in [-0.3, -0.25) is 0 Å². The van der Waals surface area contributed by atoms with Gasteiger partial charge in [0, 0.05) is 71.4 Å². The van der Waals surface area contributed by atoms with E-state index in [4.69, 9.17) is 0 Å². The van der Waals surface area contributed by atoms with Crippen LogP contribution in [0.2, 0.25) is 0 Å². The molecule has 2 atom stereocenters. The predicted octanol–water partition coefficient (Wildman–Crippen LogP) is 6.92. The van der Waals surface area contributed by atoms with Gasteiger partial charge in [-0.15, -0.1) is 9.13 Å². The van der Waals surface area contributed by atoms with Crippen LogP contribution in [0.3, 0.4) is 0 Å². The largest absolute Gasteiger partial charge is 0.450 e. The van der Waals surface area contributed by atoms with E-state index in [2.05, 4.69) is 0 Å². The second-order valence-corrected chi connectivity index (χ2v) is 13.3. The molecule has 2 aliphatic heterocycles. The summed E-state index contributed by atoms with van der Waals surface area (Å²) in [5, 5.41) is 1.46. The highest BCUT2D eigenvalue weighted by molar-refractivity contribution is 8.00. The summed E-state index contributed by atoms with van der Waals surface area (Å²) in [4.78, 5) is -2.29. The van der Waals surface area contributed by atoms with Gasteiger partial charge in [0.1, 0.15) is 46.2 Å². The maximum Gasteiger partial charge on any atom is 0.450 e. The first-order valence-electron chi connectivity index (χ1n) is 13.9. The number of hydrogen-bond acceptors (Lipinski definition) is 2. The minimum absolute atomic E-state index is 0.324. The van der Waals surface area contributed by atoms with Crippen molar-refractivity contribution >= 4 is 23.5 Å². The standard InChI is InChI=1S/C35H20F4N3S2/c36-21-17-25-32(27(38)19-21)23-9-1-2-10-24(23)34(25)41-15-7-4-12-30(41)44-35(42-16-8-5-13-31(42)43-34)26-18-22(37)20-28(39)33(26)29-11-3-6-14-40(29)35/h1-20H/q+3. The van der Waals surface area contributed by atoms with Crippen LogP contribution in [0.25, 0.3) is 22.4 Å². The Hall–Kier alpha value is -4.47. The molecule has 3 aromatic carbocycles. The first-order chi connectivity index (χ1) is 21.4. The number of pyridine rings is 3. The Morgan fingerprint density at radius 3 is 1.86 bits per heavy atom. The van der Waals surface area contributed by atoms with Crippen LogP contribution in [0, 0.1) is 23.3 Å².